The average Bonchev–Trinajstić information content (AvgIpc) is 3.46. The molecular weight excluding hydrogens is 434 g/mol. The molecular formula is C26H27N3O5. The van der Waals surface area contributed by atoms with E-state index in [0.29, 0.717) is 31.4 Å². The smallest absolute Gasteiger partial charge is 0.246 e. The number of carbonyl (C=O) groups excluding carboxylic acids is 1. The van der Waals surface area contributed by atoms with Crippen LogP contribution in [0.25, 0.3) is 6.08 Å². The molecule has 176 valence electrons. The highest BCUT2D eigenvalue weighted by Gasteiger charge is 2.74. The second-order valence-electron chi connectivity index (χ2n) is 10.1. The number of furan rings is 1. The molecule has 1 unspecified atom stereocenters. The summed E-state index contributed by atoms with van der Waals surface area (Å²) in [6.07, 6.45) is 7.73. The van der Waals surface area contributed by atoms with Crippen LogP contribution < -0.4 is 4.74 Å². The summed E-state index contributed by atoms with van der Waals surface area (Å²) in [6, 6.07) is 6.75. The van der Waals surface area contributed by atoms with Gasteiger partial charge in [0.25, 0.3) is 0 Å². The molecule has 6 atom stereocenters. The number of nitriles is 1. The van der Waals surface area contributed by atoms with Crippen LogP contribution in [0.15, 0.2) is 41.2 Å². The van der Waals surface area contributed by atoms with Gasteiger partial charge in [0.2, 0.25) is 5.91 Å². The molecule has 1 aromatic heterocycles. The zero-order valence-corrected chi connectivity index (χ0v) is 19.1. The van der Waals surface area contributed by atoms with Crippen LogP contribution in [0.5, 0.6) is 11.5 Å². The number of aromatic hydroxyl groups is 1. The highest BCUT2D eigenvalue weighted by atomic mass is 16.5. The Labute approximate surface area is 197 Å². The molecule has 1 spiro atoms. The summed E-state index contributed by atoms with van der Waals surface area (Å²) in [5.74, 6) is 0.236. The maximum absolute atomic E-state index is 13.1. The largest absolute Gasteiger partial charge is 0.504 e. The van der Waals surface area contributed by atoms with Gasteiger partial charge in [-0.3, -0.25) is 9.69 Å². The van der Waals surface area contributed by atoms with Crippen molar-refractivity contribution in [2.24, 2.45) is 0 Å². The number of ether oxygens (including phenoxy) is 1. The van der Waals surface area contributed by atoms with Crippen molar-refractivity contribution in [3.05, 3.63) is 53.5 Å². The van der Waals surface area contributed by atoms with Crippen molar-refractivity contribution in [1.29, 1.82) is 5.26 Å². The van der Waals surface area contributed by atoms with Gasteiger partial charge in [-0.1, -0.05) is 6.07 Å². The molecule has 6 rings (SSSR count). The molecule has 0 radical (unpaired) electrons. The molecule has 8 heteroatoms. The maximum atomic E-state index is 13.1. The van der Waals surface area contributed by atoms with E-state index in [-0.39, 0.29) is 23.7 Å². The van der Waals surface area contributed by atoms with E-state index in [1.807, 2.05) is 18.0 Å². The topological polar surface area (TPSA) is 110 Å². The van der Waals surface area contributed by atoms with Crippen molar-refractivity contribution in [3.8, 4) is 17.6 Å². The van der Waals surface area contributed by atoms with E-state index < -0.39 is 23.2 Å². The Morgan fingerprint density at radius 3 is 2.94 bits per heavy atom. The predicted octanol–water partition coefficient (Wildman–Crippen LogP) is 2.20. The molecule has 1 saturated heterocycles. The molecule has 8 nitrogen and oxygen atoms in total. The van der Waals surface area contributed by atoms with Crippen LogP contribution >= 0.6 is 0 Å². The number of phenolic OH excluding ortho intramolecular Hbond substituents is 1. The van der Waals surface area contributed by atoms with E-state index in [2.05, 4.69) is 6.07 Å². The van der Waals surface area contributed by atoms with E-state index >= 15 is 0 Å². The number of piperidine rings is 1. The minimum absolute atomic E-state index is 0.0309. The Morgan fingerprint density at radius 1 is 1.38 bits per heavy atom. The normalized spacial score (nSPS) is 35.5. The summed E-state index contributed by atoms with van der Waals surface area (Å²) in [6.45, 7) is 0. The van der Waals surface area contributed by atoms with Crippen molar-refractivity contribution in [1.82, 2.24) is 9.80 Å². The van der Waals surface area contributed by atoms with E-state index in [0.717, 1.165) is 16.7 Å². The third kappa shape index (κ3) is 2.51. The van der Waals surface area contributed by atoms with E-state index in [1.165, 1.54) is 6.08 Å². The number of hydrogen-bond donors (Lipinski definition) is 2. The number of carbonyl (C=O) groups is 1. The van der Waals surface area contributed by atoms with Gasteiger partial charge in [-0.25, -0.2) is 0 Å². The summed E-state index contributed by atoms with van der Waals surface area (Å²) in [5, 5.41) is 33.0. The van der Waals surface area contributed by atoms with Gasteiger partial charge in [0.15, 0.2) is 11.5 Å². The molecule has 2 aromatic rings. The molecule has 4 aliphatic rings. The Bertz CT molecular complexity index is 1230. The Balaban J connectivity index is 1.45. The first kappa shape index (κ1) is 21.3. The molecule has 2 N–H and O–H groups in total. The fraction of sp³-hybridized carbons (Fsp3) is 0.462. The van der Waals surface area contributed by atoms with Gasteiger partial charge < -0.3 is 24.3 Å². The highest BCUT2D eigenvalue weighted by molar-refractivity contribution is 5.92. The Kier molecular flexibility index (Phi) is 4.45. The molecule has 1 amide bonds. The molecule has 3 heterocycles. The number of rotatable bonds is 3. The molecule has 1 saturated carbocycles. The lowest BCUT2D eigenvalue weighted by molar-refractivity contribution is -0.202. The third-order valence-electron chi connectivity index (χ3n) is 8.76. The highest BCUT2D eigenvalue weighted by Crippen LogP contribution is 2.66. The second kappa shape index (κ2) is 7.11. The molecule has 34 heavy (non-hydrogen) atoms. The van der Waals surface area contributed by atoms with Crippen molar-refractivity contribution in [3.63, 3.8) is 0 Å². The van der Waals surface area contributed by atoms with Crippen LogP contribution in [-0.2, 0) is 16.6 Å². The third-order valence-corrected chi connectivity index (χ3v) is 8.76. The number of amides is 1. The van der Waals surface area contributed by atoms with E-state index in [4.69, 9.17) is 9.15 Å². The van der Waals surface area contributed by atoms with E-state index in [1.54, 1.807) is 42.7 Å². The number of aliphatic hydroxyl groups is 1. The molecule has 2 aliphatic heterocycles. The summed E-state index contributed by atoms with van der Waals surface area (Å²) >= 11 is 0. The minimum Gasteiger partial charge on any atom is -0.504 e. The van der Waals surface area contributed by atoms with Crippen molar-refractivity contribution < 1.29 is 24.2 Å². The SMILES string of the molecule is CN(C(=O)/C=C/c1ccoc1)[C@@H]1CC[C@@]2(O)[C@H]3Cc4ccc(O)c5c4[C@@]2(CC(C#N)N3C)[C@H]1O5. The number of likely N-dealkylation sites (tertiary alicyclic amines) is 1. The zero-order valence-electron chi connectivity index (χ0n) is 19.1. The van der Waals surface area contributed by atoms with Gasteiger partial charge in [0.05, 0.1) is 41.7 Å². The van der Waals surface area contributed by atoms with Crippen LogP contribution in [0.3, 0.4) is 0 Å². The summed E-state index contributed by atoms with van der Waals surface area (Å²) < 4.78 is 11.5. The standard InChI is InChI=1S/C26H27N3O5/c1-28-17(13-27)12-25-22-16-4-5-19(30)23(22)34-24(25)18(7-9-26(25,32)20(28)11-16)29(2)21(31)6-3-15-8-10-33-14-15/h3-6,8,10,14,17-18,20,24,30,32H,7,9,11-12H2,1-2H3/b6-3+/t17?,18-,20-,24+,25+,26-/m1/s1. The number of phenols is 1. The van der Waals surface area contributed by atoms with Gasteiger partial charge in [-0.05, 0) is 56.5 Å². The van der Waals surface area contributed by atoms with Gasteiger partial charge in [0, 0.05) is 30.3 Å². The van der Waals surface area contributed by atoms with E-state index in [9.17, 15) is 20.3 Å². The number of benzene rings is 1. The van der Waals surface area contributed by atoms with Crippen LogP contribution in [0.2, 0.25) is 0 Å². The molecule has 2 bridgehead atoms. The number of nitrogens with zero attached hydrogens (tertiary/aromatic N) is 3. The first-order valence-electron chi connectivity index (χ1n) is 11.6. The molecule has 2 fully saturated rings. The lowest BCUT2D eigenvalue weighted by Crippen LogP contribution is -2.79. The van der Waals surface area contributed by atoms with Crippen LogP contribution in [0.4, 0.5) is 0 Å². The Hall–Kier alpha value is -3.28. The lowest BCUT2D eigenvalue weighted by atomic mass is 9.47. The monoisotopic (exact) mass is 461 g/mol. The first-order valence-corrected chi connectivity index (χ1v) is 11.6. The van der Waals surface area contributed by atoms with Gasteiger partial charge in [0.1, 0.15) is 6.10 Å². The quantitative estimate of drug-likeness (QED) is 0.675. The van der Waals surface area contributed by atoms with Crippen molar-refractivity contribution in [2.45, 2.75) is 60.9 Å². The van der Waals surface area contributed by atoms with Gasteiger partial charge in [-0.15, -0.1) is 0 Å². The average molecular weight is 462 g/mol. The number of likely N-dealkylation sites (N-methyl/N-ethyl adjacent to an activating group) is 2. The van der Waals surface area contributed by atoms with Gasteiger partial charge >= 0.3 is 0 Å². The van der Waals surface area contributed by atoms with Crippen LogP contribution in [0.1, 0.15) is 36.0 Å². The molecule has 2 aliphatic carbocycles. The lowest BCUT2D eigenvalue weighted by Gasteiger charge is -2.65. The van der Waals surface area contributed by atoms with Crippen molar-refractivity contribution in [2.75, 3.05) is 14.1 Å². The van der Waals surface area contributed by atoms with Crippen molar-refractivity contribution >= 4 is 12.0 Å². The first-order chi connectivity index (χ1) is 16.3. The fourth-order valence-electron chi connectivity index (χ4n) is 7.11. The summed E-state index contributed by atoms with van der Waals surface area (Å²) in [7, 11) is 3.65. The Morgan fingerprint density at radius 2 is 2.21 bits per heavy atom. The van der Waals surface area contributed by atoms with Crippen LogP contribution in [-0.4, -0.2) is 69.8 Å². The van der Waals surface area contributed by atoms with Crippen LogP contribution in [0, 0.1) is 11.3 Å². The number of hydrogen-bond acceptors (Lipinski definition) is 7. The zero-order chi connectivity index (χ0) is 23.8. The fourth-order valence-corrected chi connectivity index (χ4v) is 7.11. The van der Waals surface area contributed by atoms with Gasteiger partial charge in [-0.2, -0.15) is 5.26 Å². The maximum Gasteiger partial charge on any atom is 0.246 e. The summed E-state index contributed by atoms with van der Waals surface area (Å²) in [4.78, 5) is 16.8. The molecule has 1 aromatic carbocycles. The summed E-state index contributed by atoms with van der Waals surface area (Å²) in [5.41, 5.74) is 0.642. The second-order valence-corrected chi connectivity index (χ2v) is 10.1. The predicted molar refractivity (Wildman–Crippen MR) is 122 cm³/mol. The minimum atomic E-state index is -1.13.